The highest BCUT2D eigenvalue weighted by molar-refractivity contribution is 5.80. The van der Waals surface area contributed by atoms with Gasteiger partial charge in [-0.15, -0.1) is 0 Å². The summed E-state index contributed by atoms with van der Waals surface area (Å²) in [5.41, 5.74) is 6.54. The molecule has 3 nitrogen and oxygen atoms in total. The Kier molecular flexibility index (Phi) is 3.94. The summed E-state index contributed by atoms with van der Waals surface area (Å²) >= 11 is 0. The molecule has 0 amide bonds. The molecule has 4 heteroatoms. The second-order valence-corrected chi connectivity index (χ2v) is 6.05. The monoisotopic (exact) mass is 329 g/mol. The Bertz CT molecular complexity index is 1030. The number of halogens is 1. The predicted molar refractivity (Wildman–Crippen MR) is 96.7 cm³/mol. The van der Waals surface area contributed by atoms with Crippen LogP contribution in [-0.2, 0) is 6.42 Å². The zero-order valence-corrected chi connectivity index (χ0v) is 13.8. The number of rotatable bonds is 3. The number of benzene rings is 2. The quantitative estimate of drug-likeness (QED) is 0.545. The Hall–Kier alpha value is -3.14. The number of aryl methyl sites for hydroxylation is 1. The molecule has 0 saturated heterocycles. The van der Waals surface area contributed by atoms with Crippen LogP contribution in [-0.4, -0.2) is 15.0 Å². The van der Waals surface area contributed by atoms with Gasteiger partial charge >= 0.3 is 0 Å². The molecule has 0 radical (unpaired) electrons. The van der Waals surface area contributed by atoms with Crippen LogP contribution in [0.4, 0.5) is 4.39 Å². The Labute approximate surface area is 145 Å². The average molecular weight is 329 g/mol. The highest BCUT2D eigenvalue weighted by Gasteiger charge is 2.09. The summed E-state index contributed by atoms with van der Waals surface area (Å²) in [5.74, 6) is -0.257. The third kappa shape index (κ3) is 3.24. The van der Waals surface area contributed by atoms with Gasteiger partial charge < -0.3 is 0 Å². The van der Waals surface area contributed by atoms with E-state index in [0.717, 1.165) is 28.0 Å². The second kappa shape index (κ2) is 6.40. The molecule has 0 bridgehead atoms. The summed E-state index contributed by atoms with van der Waals surface area (Å²) in [4.78, 5) is 13.5. The molecular weight excluding hydrogens is 313 g/mol. The van der Waals surface area contributed by atoms with E-state index in [1.807, 2.05) is 12.1 Å². The van der Waals surface area contributed by atoms with Crippen molar-refractivity contribution >= 4 is 11.0 Å². The molecule has 0 atom stereocenters. The van der Waals surface area contributed by atoms with Gasteiger partial charge in [-0.1, -0.05) is 29.8 Å². The normalized spacial score (nSPS) is 11.0. The van der Waals surface area contributed by atoms with Crippen molar-refractivity contribution in [3.8, 4) is 11.3 Å². The number of nitrogens with zero attached hydrogens (tertiary/aromatic N) is 3. The van der Waals surface area contributed by atoms with Crippen molar-refractivity contribution in [2.75, 3.05) is 0 Å². The van der Waals surface area contributed by atoms with Gasteiger partial charge in [0, 0.05) is 12.0 Å². The topological polar surface area (TPSA) is 38.7 Å². The molecule has 2 aromatic heterocycles. The van der Waals surface area contributed by atoms with E-state index in [1.54, 1.807) is 18.5 Å². The Morgan fingerprint density at radius 1 is 0.840 bits per heavy atom. The maximum Gasteiger partial charge on any atom is 0.123 e. The van der Waals surface area contributed by atoms with Gasteiger partial charge in [0.25, 0.3) is 0 Å². The summed E-state index contributed by atoms with van der Waals surface area (Å²) < 4.78 is 13.1. The van der Waals surface area contributed by atoms with Crippen molar-refractivity contribution in [3.63, 3.8) is 0 Å². The van der Waals surface area contributed by atoms with Gasteiger partial charge in [-0.05, 0) is 48.9 Å². The van der Waals surface area contributed by atoms with E-state index in [1.165, 1.54) is 23.3 Å². The first-order valence-corrected chi connectivity index (χ1v) is 8.11. The summed E-state index contributed by atoms with van der Waals surface area (Å²) in [6.07, 6.45) is 2.27. The molecule has 0 saturated carbocycles. The van der Waals surface area contributed by atoms with Crippen LogP contribution in [0.5, 0.6) is 0 Å². The molecule has 0 fully saturated rings. The van der Waals surface area contributed by atoms with Crippen LogP contribution in [0.2, 0.25) is 0 Å². The first-order valence-electron chi connectivity index (χ1n) is 8.11. The smallest absolute Gasteiger partial charge is 0.123 e. The molecule has 4 rings (SSSR count). The van der Waals surface area contributed by atoms with Crippen LogP contribution in [0.1, 0.15) is 16.8 Å². The lowest BCUT2D eigenvalue weighted by Crippen LogP contribution is -1.98. The van der Waals surface area contributed by atoms with Crippen molar-refractivity contribution in [2.24, 2.45) is 0 Å². The number of hydrogen-bond acceptors (Lipinski definition) is 3. The van der Waals surface area contributed by atoms with Crippen LogP contribution >= 0.6 is 0 Å². The molecule has 0 aliphatic heterocycles. The van der Waals surface area contributed by atoms with Crippen molar-refractivity contribution in [3.05, 3.63) is 89.6 Å². The Balaban J connectivity index is 1.77. The predicted octanol–water partition coefficient (Wildman–Crippen LogP) is 4.73. The number of fused-ring (bicyclic) bond motifs is 1. The minimum atomic E-state index is -0.257. The lowest BCUT2D eigenvalue weighted by Gasteiger charge is -2.07. The van der Waals surface area contributed by atoms with E-state index >= 15 is 0 Å². The van der Waals surface area contributed by atoms with E-state index in [4.69, 9.17) is 4.98 Å². The highest BCUT2D eigenvalue weighted by atomic mass is 19.1. The van der Waals surface area contributed by atoms with Crippen LogP contribution in [0, 0.1) is 12.7 Å². The third-order valence-corrected chi connectivity index (χ3v) is 4.19. The fraction of sp³-hybridized carbons (Fsp3) is 0.0952. The zero-order valence-electron chi connectivity index (χ0n) is 13.8. The van der Waals surface area contributed by atoms with Crippen LogP contribution in [0.15, 0.2) is 67.0 Å². The summed E-state index contributed by atoms with van der Waals surface area (Å²) in [6.45, 7) is 2.07. The van der Waals surface area contributed by atoms with Gasteiger partial charge in [0.1, 0.15) is 17.7 Å². The van der Waals surface area contributed by atoms with E-state index in [9.17, 15) is 4.39 Å². The van der Waals surface area contributed by atoms with Gasteiger partial charge in [0.05, 0.1) is 16.9 Å². The SMILES string of the molecule is Cc1ccc(Cc2ncnc3ccc(-c4ccc(F)cc4)nc23)cc1. The highest BCUT2D eigenvalue weighted by Crippen LogP contribution is 2.22. The molecule has 0 spiro atoms. The molecule has 0 N–H and O–H groups in total. The van der Waals surface area contributed by atoms with E-state index < -0.39 is 0 Å². The fourth-order valence-corrected chi connectivity index (χ4v) is 2.80. The van der Waals surface area contributed by atoms with Crippen LogP contribution < -0.4 is 0 Å². The first-order chi connectivity index (χ1) is 12.2. The van der Waals surface area contributed by atoms with Crippen molar-refractivity contribution in [1.29, 1.82) is 0 Å². The van der Waals surface area contributed by atoms with E-state index in [0.29, 0.717) is 6.42 Å². The largest absolute Gasteiger partial charge is 0.244 e. The molecule has 25 heavy (non-hydrogen) atoms. The van der Waals surface area contributed by atoms with Crippen LogP contribution in [0.3, 0.4) is 0 Å². The van der Waals surface area contributed by atoms with Gasteiger partial charge in [-0.2, -0.15) is 0 Å². The molecule has 0 aliphatic rings. The summed E-state index contributed by atoms with van der Waals surface area (Å²) in [7, 11) is 0. The van der Waals surface area contributed by atoms with Gasteiger partial charge in [0.15, 0.2) is 0 Å². The molecule has 0 unspecified atom stereocenters. The third-order valence-electron chi connectivity index (χ3n) is 4.19. The van der Waals surface area contributed by atoms with Crippen molar-refractivity contribution in [2.45, 2.75) is 13.3 Å². The minimum Gasteiger partial charge on any atom is -0.244 e. The maximum atomic E-state index is 13.1. The molecule has 2 heterocycles. The minimum absolute atomic E-state index is 0.257. The van der Waals surface area contributed by atoms with E-state index in [-0.39, 0.29) is 5.82 Å². The standard InChI is InChI=1S/C21H16FN3/c1-14-2-4-15(5-3-14)12-20-21-19(23-13-24-20)11-10-18(25-21)16-6-8-17(22)9-7-16/h2-11,13H,12H2,1H3. The number of hydrogen-bond donors (Lipinski definition) is 0. The molecule has 4 aromatic rings. The van der Waals surface area contributed by atoms with Gasteiger partial charge in [0.2, 0.25) is 0 Å². The molecule has 122 valence electrons. The zero-order chi connectivity index (χ0) is 17.2. The molecule has 0 aliphatic carbocycles. The van der Waals surface area contributed by atoms with Gasteiger partial charge in [-0.25, -0.2) is 19.3 Å². The average Bonchev–Trinajstić information content (AvgIpc) is 2.64. The summed E-state index contributed by atoms with van der Waals surface area (Å²) in [5, 5.41) is 0. The fourth-order valence-electron chi connectivity index (χ4n) is 2.80. The maximum absolute atomic E-state index is 13.1. The Morgan fingerprint density at radius 2 is 1.60 bits per heavy atom. The van der Waals surface area contributed by atoms with Crippen LogP contribution in [0.25, 0.3) is 22.3 Å². The molecule has 2 aromatic carbocycles. The lowest BCUT2D eigenvalue weighted by molar-refractivity contribution is 0.628. The van der Waals surface area contributed by atoms with E-state index in [2.05, 4.69) is 41.2 Å². The number of pyridine rings is 1. The van der Waals surface area contributed by atoms with Gasteiger partial charge in [-0.3, -0.25) is 0 Å². The summed E-state index contributed by atoms with van der Waals surface area (Å²) in [6, 6.07) is 18.6. The Morgan fingerprint density at radius 3 is 2.36 bits per heavy atom. The second-order valence-electron chi connectivity index (χ2n) is 6.05. The van der Waals surface area contributed by atoms with Crippen molar-refractivity contribution < 1.29 is 4.39 Å². The van der Waals surface area contributed by atoms with Crippen molar-refractivity contribution in [1.82, 2.24) is 15.0 Å². The lowest BCUT2D eigenvalue weighted by atomic mass is 10.1. The first kappa shape index (κ1) is 15.4. The number of aromatic nitrogens is 3. The molecular formula is C21H16FN3.